The maximum absolute atomic E-state index is 13.6. The molecule has 1 amide bonds. The number of benzene rings is 2. The highest BCUT2D eigenvalue weighted by Gasteiger charge is 2.28. The molecule has 0 spiro atoms. The quantitative estimate of drug-likeness (QED) is 0.627. The molecule has 0 radical (unpaired) electrons. The monoisotopic (exact) mass is 424 g/mol. The fourth-order valence-corrected chi connectivity index (χ4v) is 4.71. The van der Waals surface area contributed by atoms with Gasteiger partial charge in [-0.2, -0.15) is 11.8 Å². The van der Waals surface area contributed by atoms with Crippen molar-refractivity contribution in [1.29, 1.82) is 0 Å². The van der Waals surface area contributed by atoms with Crippen molar-refractivity contribution in [3.8, 4) is 0 Å². The molecule has 1 atom stereocenters. The van der Waals surface area contributed by atoms with E-state index >= 15 is 0 Å². The molecular weight excluding hydrogens is 399 g/mol. The van der Waals surface area contributed by atoms with Gasteiger partial charge >= 0.3 is 0 Å². The zero-order chi connectivity index (χ0) is 20.7. The molecule has 0 aliphatic heterocycles. The van der Waals surface area contributed by atoms with Crippen LogP contribution in [0.4, 0.5) is 10.1 Å². The van der Waals surface area contributed by atoms with Gasteiger partial charge in [-0.15, -0.1) is 0 Å². The Labute approximate surface area is 170 Å². The molecule has 5 nitrogen and oxygen atoms in total. The maximum Gasteiger partial charge on any atom is 0.243 e. The van der Waals surface area contributed by atoms with Crippen LogP contribution in [0, 0.1) is 12.7 Å². The number of rotatable bonds is 9. The normalized spacial score (nSPS) is 12.4. The number of hydrogen-bond acceptors (Lipinski definition) is 4. The van der Waals surface area contributed by atoms with E-state index in [-0.39, 0.29) is 11.7 Å². The molecule has 152 valence electrons. The van der Waals surface area contributed by atoms with Crippen molar-refractivity contribution in [3.05, 3.63) is 65.5 Å². The second kappa shape index (κ2) is 9.93. The third kappa shape index (κ3) is 6.24. The average molecular weight is 425 g/mol. The highest BCUT2D eigenvalue weighted by atomic mass is 32.2. The van der Waals surface area contributed by atoms with E-state index in [2.05, 4.69) is 5.32 Å². The fraction of sp³-hybridized carbons (Fsp3) is 0.350. The Morgan fingerprint density at radius 3 is 2.43 bits per heavy atom. The molecule has 0 unspecified atom stereocenters. The minimum Gasteiger partial charge on any atom is -0.353 e. The van der Waals surface area contributed by atoms with Gasteiger partial charge in [-0.1, -0.05) is 35.9 Å². The summed E-state index contributed by atoms with van der Waals surface area (Å²) in [6, 6.07) is 12.7. The number of amides is 1. The second-order valence-electron chi connectivity index (χ2n) is 6.51. The van der Waals surface area contributed by atoms with Crippen LogP contribution in [0.3, 0.4) is 0 Å². The van der Waals surface area contributed by atoms with Crippen molar-refractivity contribution < 1.29 is 17.6 Å². The van der Waals surface area contributed by atoms with Crippen molar-refractivity contribution in [2.24, 2.45) is 0 Å². The Hall–Kier alpha value is -2.06. The molecule has 0 saturated carbocycles. The molecule has 8 heteroatoms. The molecule has 0 heterocycles. The van der Waals surface area contributed by atoms with Gasteiger partial charge in [0.25, 0.3) is 0 Å². The predicted octanol–water partition coefficient (Wildman–Crippen LogP) is 3.34. The lowest BCUT2D eigenvalue weighted by Gasteiger charge is -2.28. The van der Waals surface area contributed by atoms with Gasteiger partial charge in [0.2, 0.25) is 15.9 Å². The van der Waals surface area contributed by atoms with Gasteiger partial charge in [0, 0.05) is 18.1 Å². The zero-order valence-electron chi connectivity index (χ0n) is 16.2. The number of thioether (sulfide) groups is 1. The number of anilines is 1. The average Bonchev–Trinajstić information content (AvgIpc) is 2.63. The summed E-state index contributed by atoms with van der Waals surface area (Å²) in [5.74, 6) is 0.486. The predicted molar refractivity (Wildman–Crippen MR) is 114 cm³/mol. The van der Waals surface area contributed by atoms with Crippen LogP contribution in [0.15, 0.2) is 48.5 Å². The van der Waals surface area contributed by atoms with E-state index in [4.69, 9.17) is 0 Å². The highest BCUT2D eigenvalue weighted by Crippen LogP contribution is 2.21. The summed E-state index contributed by atoms with van der Waals surface area (Å²) in [6.07, 6.45) is 1.08. The molecule has 0 bridgehead atoms. The minimum absolute atomic E-state index is 0.241. The number of carbonyl (C=O) groups excluding carboxylic acids is 1. The van der Waals surface area contributed by atoms with Crippen molar-refractivity contribution in [3.63, 3.8) is 0 Å². The fourth-order valence-electron chi connectivity index (χ4n) is 2.69. The van der Waals surface area contributed by atoms with E-state index < -0.39 is 16.1 Å². The summed E-state index contributed by atoms with van der Waals surface area (Å²) in [7, 11) is -3.63. The van der Waals surface area contributed by atoms with Crippen molar-refractivity contribution >= 4 is 33.4 Å². The Balaban J connectivity index is 1.90. The zero-order valence-corrected chi connectivity index (χ0v) is 17.8. The third-order valence-electron chi connectivity index (χ3n) is 4.14. The lowest BCUT2D eigenvalue weighted by molar-refractivity contribution is -0.121. The Bertz CT molecular complexity index is 902. The van der Waals surface area contributed by atoms with Gasteiger partial charge in [-0.25, -0.2) is 12.8 Å². The Morgan fingerprint density at radius 2 is 1.82 bits per heavy atom. The number of carbonyl (C=O) groups is 1. The number of nitrogens with one attached hydrogen (secondary N) is 1. The van der Waals surface area contributed by atoms with Crippen molar-refractivity contribution in [2.45, 2.75) is 25.6 Å². The van der Waals surface area contributed by atoms with Crippen LogP contribution in [0.5, 0.6) is 0 Å². The second-order valence-corrected chi connectivity index (χ2v) is 9.47. The summed E-state index contributed by atoms with van der Waals surface area (Å²) in [4.78, 5) is 12.5. The lowest BCUT2D eigenvalue weighted by atomic mass is 10.2. The van der Waals surface area contributed by atoms with Crippen LogP contribution in [0.1, 0.15) is 18.1 Å². The van der Waals surface area contributed by atoms with Gasteiger partial charge in [0.05, 0.1) is 11.9 Å². The van der Waals surface area contributed by atoms with E-state index in [1.807, 2.05) is 6.92 Å². The van der Waals surface area contributed by atoms with Crippen molar-refractivity contribution in [2.75, 3.05) is 22.9 Å². The van der Waals surface area contributed by atoms with E-state index in [0.29, 0.717) is 29.3 Å². The topological polar surface area (TPSA) is 66.5 Å². The van der Waals surface area contributed by atoms with E-state index in [9.17, 15) is 17.6 Å². The van der Waals surface area contributed by atoms with Gasteiger partial charge in [0.1, 0.15) is 11.9 Å². The lowest BCUT2D eigenvalue weighted by Crippen LogP contribution is -2.48. The summed E-state index contributed by atoms with van der Waals surface area (Å²) in [5.41, 5.74) is 2.07. The number of hydrogen-bond donors (Lipinski definition) is 1. The molecular formula is C20H25FN2O3S2. The van der Waals surface area contributed by atoms with Crippen LogP contribution in [-0.2, 0) is 20.6 Å². The SMILES string of the molecule is Cc1ccc(N([C@H](C)C(=O)NCCSCc2ccccc2F)S(C)(=O)=O)cc1. The summed E-state index contributed by atoms with van der Waals surface area (Å²) < 4.78 is 39.2. The molecule has 28 heavy (non-hydrogen) atoms. The summed E-state index contributed by atoms with van der Waals surface area (Å²) in [5, 5.41) is 2.76. The molecule has 2 aromatic rings. The molecule has 0 fully saturated rings. The summed E-state index contributed by atoms with van der Waals surface area (Å²) >= 11 is 1.50. The third-order valence-corrected chi connectivity index (χ3v) is 6.39. The van der Waals surface area contributed by atoms with E-state index in [0.717, 1.165) is 16.1 Å². The molecule has 0 aliphatic carbocycles. The number of nitrogens with zero attached hydrogens (tertiary/aromatic N) is 1. The molecule has 2 rings (SSSR count). The van der Waals surface area contributed by atoms with Crippen LogP contribution in [0.2, 0.25) is 0 Å². The van der Waals surface area contributed by atoms with Gasteiger partial charge in [-0.3, -0.25) is 9.10 Å². The molecule has 0 aromatic heterocycles. The number of sulfonamides is 1. The highest BCUT2D eigenvalue weighted by molar-refractivity contribution is 7.98. The summed E-state index contributed by atoms with van der Waals surface area (Å²) in [6.45, 7) is 3.83. The molecule has 0 aliphatic rings. The number of aryl methyl sites for hydroxylation is 1. The van der Waals surface area contributed by atoms with Gasteiger partial charge in [-0.05, 0) is 37.6 Å². The first kappa shape index (κ1) is 22.2. The molecule has 1 N–H and O–H groups in total. The first-order chi connectivity index (χ1) is 13.2. The van der Waals surface area contributed by atoms with Crippen LogP contribution >= 0.6 is 11.8 Å². The Morgan fingerprint density at radius 1 is 1.18 bits per heavy atom. The van der Waals surface area contributed by atoms with Crippen molar-refractivity contribution in [1.82, 2.24) is 5.32 Å². The first-order valence-corrected chi connectivity index (χ1v) is 11.9. The largest absolute Gasteiger partial charge is 0.353 e. The molecule has 2 aromatic carbocycles. The Kier molecular flexibility index (Phi) is 7.88. The maximum atomic E-state index is 13.6. The minimum atomic E-state index is -3.63. The van der Waals surface area contributed by atoms with Gasteiger partial charge in [0.15, 0.2) is 0 Å². The van der Waals surface area contributed by atoms with Crippen LogP contribution < -0.4 is 9.62 Å². The standard InChI is InChI=1S/C20H25FN2O3S2/c1-15-8-10-18(11-9-15)23(28(3,25)26)16(2)20(24)22-12-13-27-14-17-6-4-5-7-19(17)21/h4-11,16H,12-14H2,1-3H3,(H,22,24)/t16-/m1/s1. The number of halogens is 1. The smallest absolute Gasteiger partial charge is 0.243 e. The van der Waals surface area contributed by atoms with Crippen LogP contribution in [0.25, 0.3) is 0 Å². The first-order valence-electron chi connectivity index (χ1n) is 8.85. The van der Waals surface area contributed by atoms with E-state index in [1.54, 1.807) is 49.4 Å². The molecule has 0 saturated heterocycles. The van der Waals surface area contributed by atoms with Gasteiger partial charge < -0.3 is 5.32 Å². The van der Waals surface area contributed by atoms with E-state index in [1.165, 1.54) is 17.8 Å². The van der Waals surface area contributed by atoms with Crippen LogP contribution in [-0.4, -0.2) is 38.9 Å².